The number of furan rings is 1. The summed E-state index contributed by atoms with van der Waals surface area (Å²) in [5.41, 5.74) is 6.30. The lowest BCUT2D eigenvalue weighted by Crippen LogP contribution is -1.81. The summed E-state index contributed by atoms with van der Waals surface area (Å²) in [6, 6.07) is 3.80. The van der Waals surface area contributed by atoms with Crippen LogP contribution in [0.4, 0.5) is 5.13 Å². The van der Waals surface area contributed by atoms with Crippen LogP contribution in [0.3, 0.4) is 0 Å². The molecule has 2 aromatic heterocycles. The highest BCUT2D eigenvalue weighted by molar-refractivity contribution is 7.13. The van der Waals surface area contributed by atoms with E-state index in [1.807, 2.05) is 24.4 Å². The van der Waals surface area contributed by atoms with Crippen molar-refractivity contribution in [3.63, 3.8) is 0 Å². The molecule has 0 aliphatic rings. The summed E-state index contributed by atoms with van der Waals surface area (Å²) in [4.78, 5) is 4.10. The Morgan fingerprint density at radius 1 is 1.50 bits per heavy atom. The van der Waals surface area contributed by atoms with Crippen LogP contribution in [0.5, 0.6) is 0 Å². The van der Waals surface area contributed by atoms with Crippen LogP contribution in [0.15, 0.2) is 21.9 Å². The Kier molecular flexibility index (Phi) is 1.62. The molecule has 12 heavy (non-hydrogen) atoms. The average molecular weight is 180 g/mol. The van der Waals surface area contributed by atoms with Gasteiger partial charge in [0.15, 0.2) is 10.9 Å². The van der Waals surface area contributed by atoms with Gasteiger partial charge in [0.25, 0.3) is 0 Å². The first kappa shape index (κ1) is 7.36. The molecule has 0 radical (unpaired) electrons. The molecule has 0 aliphatic carbocycles. The van der Waals surface area contributed by atoms with E-state index in [0.29, 0.717) is 5.13 Å². The van der Waals surface area contributed by atoms with Gasteiger partial charge in [-0.3, -0.25) is 0 Å². The molecular formula is C8H8N2OS. The Morgan fingerprint density at radius 3 is 2.83 bits per heavy atom. The molecule has 62 valence electrons. The molecule has 2 aromatic rings. The third-order valence-corrected chi connectivity index (χ3v) is 2.19. The number of aromatic nitrogens is 1. The molecule has 4 heteroatoms. The highest BCUT2D eigenvalue weighted by Gasteiger charge is 2.05. The fourth-order valence-electron chi connectivity index (χ4n) is 0.973. The number of hydrogen-bond donors (Lipinski definition) is 1. The number of nitrogens with zero attached hydrogens (tertiary/aromatic N) is 1. The van der Waals surface area contributed by atoms with Crippen molar-refractivity contribution in [3.05, 3.63) is 23.3 Å². The summed E-state index contributed by atoms with van der Waals surface area (Å²) in [7, 11) is 0. The third-order valence-electron chi connectivity index (χ3n) is 1.51. The Labute approximate surface area is 73.8 Å². The summed E-state index contributed by atoms with van der Waals surface area (Å²) in [6.07, 6.45) is 0. The largest absolute Gasteiger partial charge is 0.460 e. The molecule has 0 aromatic carbocycles. The zero-order valence-electron chi connectivity index (χ0n) is 6.57. The maximum Gasteiger partial charge on any atom is 0.180 e. The van der Waals surface area contributed by atoms with E-state index >= 15 is 0 Å². The Hall–Kier alpha value is -1.29. The highest BCUT2D eigenvalue weighted by Crippen LogP contribution is 2.24. The van der Waals surface area contributed by atoms with Gasteiger partial charge >= 0.3 is 0 Å². The fourth-order valence-corrected chi connectivity index (χ4v) is 1.53. The summed E-state index contributed by atoms with van der Waals surface area (Å²) in [5.74, 6) is 1.66. The summed E-state index contributed by atoms with van der Waals surface area (Å²) >= 11 is 1.42. The Morgan fingerprint density at radius 2 is 2.33 bits per heavy atom. The van der Waals surface area contributed by atoms with Gasteiger partial charge in [0.2, 0.25) is 0 Å². The van der Waals surface area contributed by atoms with Gasteiger partial charge in [-0.05, 0) is 19.1 Å². The predicted octanol–water partition coefficient (Wildman–Crippen LogP) is 2.29. The molecule has 0 bridgehead atoms. The fraction of sp³-hybridized carbons (Fsp3) is 0.125. The molecule has 2 rings (SSSR count). The smallest absolute Gasteiger partial charge is 0.180 e. The van der Waals surface area contributed by atoms with Gasteiger partial charge in [-0.15, -0.1) is 11.3 Å². The second-order valence-electron chi connectivity index (χ2n) is 2.48. The number of thiazole rings is 1. The number of rotatable bonds is 1. The van der Waals surface area contributed by atoms with Gasteiger partial charge in [0.1, 0.15) is 11.5 Å². The minimum Gasteiger partial charge on any atom is -0.460 e. The van der Waals surface area contributed by atoms with Crippen molar-refractivity contribution in [1.82, 2.24) is 4.98 Å². The van der Waals surface area contributed by atoms with E-state index in [2.05, 4.69) is 4.98 Å². The zero-order chi connectivity index (χ0) is 8.55. The summed E-state index contributed by atoms with van der Waals surface area (Å²) in [6.45, 7) is 1.90. The minimum absolute atomic E-state index is 0.569. The third kappa shape index (κ3) is 1.21. The lowest BCUT2D eigenvalue weighted by atomic mass is 10.4. The second-order valence-corrected chi connectivity index (χ2v) is 3.37. The van der Waals surface area contributed by atoms with E-state index in [1.54, 1.807) is 0 Å². The van der Waals surface area contributed by atoms with E-state index in [4.69, 9.17) is 10.2 Å². The second kappa shape index (κ2) is 2.64. The summed E-state index contributed by atoms with van der Waals surface area (Å²) < 4.78 is 5.37. The quantitative estimate of drug-likeness (QED) is 0.732. The molecule has 0 fully saturated rings. The van der Waals surface area contributed by atoms with Crippen molar-refractivity contribution in [2.75, 3.05) is 5.73 Å². The predicted molar refractivity (Wildman–Crippen MR) is 49.0 cm³/mol. The van der Waals surface area contributed by atoms with E-state index in [-0.39, 0.29) is 0 Å². The molecule has 2 N–H and O–H groups in total. The highest BCUT2D eigenvalue weighted by atomic mass is 32.1. The molecule has 3 nitrogen and oxygen atoms in total. The first-order valence-electron chi connectivity index (χ1n) is 3.53. The first-order valence-corrected chi connectivity index (χ1v) is 4.41. The maximum atomic E-state index is 5.49. The standard InChI is InChI=1S/C8H8N2OS/c1-5-2-3-7(11-5)6-4-12-8(9)10-6/h2-4H,1H3,(H2,9,10). The SMILES string of the molecule is Cc1ccc(-c2csc(N)n2)o1. The van der Waals surface area contributed by atoms with Crippen molar-refractivity contribution in [1.29, 1.82) is 0 Å². The average Bonchev–Trinajstić information content (AvgIpc) is 2.58. The van der Waals surface area contributed by atoms with Crippen molar-refractivity contribution in [2.24, 2.45) is 0 Å². The molecule has 0 spiro atoms. The van der Waals surface area contributed by atoms with E-state index < -0.39 is 0 Å². The molecule has 0 saturated heterocycles. The van der Waals surface area contributed by atoms with Crippen LogP contribution in [0, 0.1) is 6.92 Å². The van der Waals surface area contributed by atoms with E-state index in [0.717, 1.165) is 17.2 Å². The van der Waals surface area contributed by atoms with Crippen LogP contribution >= 0.6 is 11.3 Å². The van der Waals surface area contributed by atoms with Crippen molar-refractivity contribution < 1.29 is 4.42 Å². The van der Waals surface area contributed by atoms with E-state index in [1.165, 1.54) is 11.3 Å². The van der Waals surface area contributed by atoms with Crippen molar-refractivity contribution in [3.8, 4) is 11.5 Å². The van der Waals surface area contributed by atoms with Crippen molar-refractivity contribution >= 4 is 16.5 Å². The van der Waals surface area contributed by atoms with Crippen LogP contribution in [-0.2, 0) is 0 Å². The van der Waals surface area contributed by atoms with Gasteiger partial charge in [-0.2, -0.15) is 0 Å². The number of hydrogen-bond acceptors (Lipinski definition) is 4. The van der Waals surface area contributed by atoms with Crippen molar-refractivity contribution in [2.45, 2.75) is 6.92 Å². The number of aryl methyl sites for hydroxylation is 1. The maximum absolute atomic E-state index is 5.49. The van der Waals surface area contributed by atoms with Crippen LogP contribution in [0.2, 0.25) is 0 Å². The molecule has 0 atom stereocenters. The van der Waals surface area contributed by atoms with Gasteiger partial charge in [-0.1, -0.05) is 0 Å². The van der Waals surface area contributed by atoms with Gasteiger partial charge in [-0.25, -0.2) is 4.98 Å². The van der Waals surface area contributed by atoms with Gasteiger partial charge < -0.3 is 10.2 Å². The lowest BCUT2D eigenvalue weighted by Gasteiger charge is -1.86. The monoisotopic (exact) mass is 180 g/mol. The molecule has 2 heterocycles. The normalized spacial score (nSPS) is 10.4. The lowest BCUT2D eigenvalue weighted by molar-refractivity contribution is 0.547. The minimum atomic E-state index is 0.569. The Bertz CT molecular complexity index is 353. The van der Waals surface area contributed by atoms with Crippen LogP contribution in [0.1, 0.15) is 5.76 Å². The van der Waals surface area contributed by atoms with E-state index in [9.17, 15) is 0 Å². The number of nitrogen functional groups attached to an aromatic ring is 1. The molecule has 0 unspecified atom stereocenters. The summed E-state index contributed by atoms with van der Waals surface area (Å²) in [5, 5.41) is 2.45. The zero-order valence-corrected chi connectivity index (χ0v) is 7.39. The number of anilines is 1. The molecule has 0 aliphatic heterocycles. The topological polar surface area (TPSA) is 52.0 Å². The van der Waals surface area contributed by atoms with Crippen LogP contribution in [0.25, 0.3) is 11.5 Å². The van der Waals surface area contributed by atoms with Crippen LogP contribution in [-0.4, -0.2) is 4.98 Å². The molecule has 0 saturated carbocycles. The molecule has 0 amide bonds. The van der Waals surface area contributed by atoms with Gasteiger partial charge in [0.05, 0.1) is 0 Å². The molecular weight excluding hydrogens is 172 g/mol. The Balaban J connectivity index is 2.43. The number of nitrogens with two attached hydrogens (primary N) is 1. The first-order chi connectivity index (χ1) is 5.75. The van der Waals surface area contributed by atoms with Gasteiger partial charge in [0, 0.05) is 5.38 Å². The van der Waals surface area contributed by atoms with Crippen LogP contribution < -0.4 is 5.73 Å².